The van der Waals surface area contributed by atoms with Crippen molar-refractivity contribution in [2.45, 2.75) is 6.92 Å². The molecule has 0 atom stereocenters. The van der Waals surface area contributed by atoms with E-state index in [0.717, 1.165) is 0 Å². The highest BCUT2D eigenvalue weighted by Gasteiger charge is 2.10. The molecule has 0 aliphatic carbocycles. The van der Waals surface area contributed by atoms with Crippen LogP contribution in [0.2, 0.25) is 5.02 Å². The Morgan fingerprint density at radius 3 is 2.77 bits per heavy atom. The number of nitrogens with one attached hydrogen (secondary N) is 1. The van der Waals surface area contributed by atoms with Gasteiger partial charge in [-0.1, -0.05) is 11.6 Å². The summed E-state index contributed by atoms with van der Waals surface area (Å²) in [5.41, 5.74) is 2.71. The van der Waals surface area contributed by atoms with Crippen molar-refractivity contribution >= 4 is 40.4 Å². The Labute approximate surface area is 155 Å². The number of carbonyl (C=O) groups is 1. The van der Waals surface area contributed by atoms with Crippen LogP contribution in [0.25, 0.3) is 17.2 Å². The lowest BCUT2D eigenvalue weighted by Crippen LogP contribution is -2.07. The van der Waals surface area contributed by atoms with Crippen LogP contribution in [0, 0.1) is 6.92 Å². The standard InChI is InChI=1S/C19H17ClN2O4/c1-11-21-15-10-13(5-6-16(15)26-11)22-18(23)7-4-12-8-14(20)19(25-3)17(9-12)24-2/h4-10H,1-3H3,(H,22,23)/b7-4+. The average molecular weight is 373 g/mol. The molecule has 134 valence electrons. The monoisotopic (exact) mass is 372 g/mol. The summed E-state index contributed by atoms with van der Waals surface area (Å²) in [4.78, 5) is 16.4. The van der Waals surface area contributed by atoms with Gasteiger partial charge >= 0.3 is 0 Å². The van der Waals surface area contributed by atoms with E-state index in [4.69, 9.17) is 25.5 Å². The third-order valence-corrected chi connectivity index (χ3v) is 3.93. The van der Waals surface area contributed by atoms with Gasteiger partial charge in [0.05, 0.1) is 19.2 Å². The Kier molecular flexibility index (Phi) is 5.14. The summed E-state index contributed by atoms with van der Waals surface area (Å²) in [7, 11) is 3.04. The Balaban J connectivity index is 1.75. The molecule has 0 saturated heterocycles. The molecule has 1 aromatic heterocycles. The third kappa shape index (κ3) is 3.81. The number of oxazole rings is 1. The first-order chi connectivity index (χ1) is 12.5. The number of anilines is 1. The minimum Gasteiger partial charge on any atom is -0.493 e. The second kappa shape index (κ2) is 7.49. The Bertz CT molecular complexity index is 995. The summed E-state index contributed by atoms with van der Waals surface area (Å²) in [6, 6.07) is 8.70. The molecule has 0 radical (unpaired) electrons. The molecule has 0 aliphatic heterocycles. The van der Waals surface area contributed by atoms with Gasteiger partial charge in [0.25, 0.3) is 0 Å². The van der Waals surface area contributed by atoms with Crippen molar-refractivity contribution in [1.82, 2.24) is 4.98 Å². The molecule has 26 heavy (non-hydrogen) atoms. The number of amides is 1. The van der Waals surface area contributed by atoms with Gasteiger partial charge in [-0.2, -0.15) is 0 Å². The van der Waals surface area contributed by atoms with Gasteiger partial charge in [-0.3, -0.25) is 4.79 Å². The number of hydrogen-bond donors (Lipinski definition) is 1. The highest BCUT2D eigenvalue weighted by atomic mass is 35.5. The van der Waals surface area contributed by atoms with Crippen LogP contribution in [0.5, 0.6) is 11.5 Å². The van der Waals surface area contributed by atoms with Crippen LogP contribution >= 0.6 is 11.6 Å². The molecule has 0 saturated carbocycles. The number of halogens is 1. The van der Waals surface area contributed by atoms with E-state index in [9.17, 15) is 4.79 Å². The van der Waals surface area contributed by atoms with Gasteiger partial charge in [-0.15, -0.1) is 0 Å². The highest BCUT2D eigenvalue weighted by Crippen LogP contribution is 2.36. The number of aryl methyl sites for hydroxylation is 1. The van der Waals surface area contributed by atoms with Crippen molar-refractivity contribution in [3.8, 4) is 11.5 Å². The fourth-order valence-electron chi connectivity index (χ4n) is 2.51. The molecule has 7 heteroatoms. The number of methoxy groups -OCH3 is 2. The number of hydrogen-bond acceptors (Lipinski definition) is 5. The second-order valence-electron chi connectivity index (χ2n) is 5.48. The normalized spacial score (nSPS) is 11.1. The molecule has 0 spiro atoms. The molecule has 1 N–H and O–H groups in total. The van der Waals surface area contributed by atoms with Gasteiger partial charge in [0, 0.05) is 18.7 Å². The molecular weight excluding hydrogens is 356 g/mol. The van der Waals surface area contributed by atoms with Crippen LogP contribution in [0.1, 0.15) is 11.5 Å². The third-order valence-electron chi connectivity index (χ3n) is 3.65. The van der Waals surface area contributed by atoms with Gasteiger partial charge in [0.2, 0.25) is 5.91 Å². The molecule has 3 aromatic rings. The first kappa shape index (κ1) is 17.8. The van der Waals surface area contributed by atoms with Gasteiger partial charge in [0.15, 0.2) is 23.0 Å². The number of ether oxygens (including phenoxy) is 2. The van der Waals surface area contributed by atoms with Crippen molar-refractivity contribution in [3.63, 3.8) is 0 Å². The van der Waals surface area contributed by atoms with Crippen LogP contribution < -0.4 is 14.8 Å². The minimum atomic E-state index is -0.282. The van der Waals surface area contributed by atoms with E-state index in [1.54, 1.807) is 43.3 Å². The zero-order valence-electron chi connectivity index (χ0n) is 14.5. The number of benzene rings is 2. The summed E-state index contributed by atoms with van der Waals surface area (Å²) >= 11 is 6.16. The zero-order chi connectivity index (χ0) is 18.7. The Hall–Kier alpha value is -2.99. The quantitative estimate of drug-likeness (QED) is 0.669. The molecule has 0 unspecified atom stereocenters. The molecule has 0 fully saturated rings. The van der Waals surface area contributed by atoms with Crippen LogP contribution in [0.15, 0.2) is 40.8 Å². The van der Waals surface area contributed by atoms with Crippen molar-refractivity contribution in [2.75, 3.05) is 19.5 Å². The first-order valence-electron chi connectivity index (χ1n) is 7.78. The lowest BCUT2D eigenvalue weighted by atomic mass is 10.2. The molecule has 3 rings (SSSR count). The van der Waals surface area contributed by atoms with E-state index in [1.165, 1.54) is 20.3 Å². The lowest BCUT2D eigenvalue weighted by molar-refractivity contribution is -0.111. The van der Waals surface area contributed by atoms with Gasteiger partial charge in [-0.05, 0) is 42.0 Å². The summed E-state index contributed by atoms with van der Waals surface area (Å²) in [6.45, 7) is 1.77. The van der Waals surface area contributed by atoms with Crippen LogP contribution in [0.4, 0.5) is 5.69 Å². The van der Waals surface area contributed by atoms with Gasteiger partial charge in [-0.25, -0.2) is 4.98 Å². The van der Waals surface area contributed by atoms with E-state index in [1.807, 2.05) is 0 Å². The fraction of sp³-hybridized carbons (Fsp3) is 0.158. The van der Waals surface area contributed by atoms with E-state index in [-0.39, 0.29) is 5.91 Å². The van der Waals surface area contributed by atoms with Crippen molar-refractivity contribution in [2.24, 2.45) is 0 Å². The summed E-state index contributed by atoms with van der Waals surface area (Å²) in [5.74, 6) is 1.24. The fourth-order valence-corrected chi connectivity index (χ4v) is 2.81. The van der Waals surface area contributed by atoms with Crippen molar-refractivity contribution < 1.29 is 18.7 Å². The Morgan fingerprint density at radius 2 is 2.04 bits per heavy atom. The number of aromatic nitrogens is 1. The zero-order valence-corrected chi connectivity index (χ0v) is 15.3. The van der Waals surface area contributed by atoms with E-state index >= 15 is 0 Å². The number of carbonyl (C=O) groups excluding carboxylic acids is 1. The summed E-state index contributed by atoms with van der Waals surface area (Å²) < 4.78 is 15.8. The maximum Gasteiger partial charge on any atom is 0.248 e. The molecule has 1 amide bonds. The van der Waals surface area contributed by atoms with Gasteiger partial charge < -0.3 is 19.2 Å². The highest BCUT2D eigenvalue weighted by molar-refractivity contribution is 6.32. The van der Waals surface area contributed by atoms with Crippen LogP contribution in [-0.4, -0.2) is 25.1 Å². The maximum atomic E-state index is 12.2. The Morgan fingerprint density at radius 1 is 1.23 bits per heavy atom. The summed E-state index contributed by atoms with van der Waals surface area (Å²) in [6.07, 6.45) is 3.05. The van der Waals surface area contributed by atoms with Gasteiger partial charge in [0.1, 0.15) is 5.52 Å². The second-order valence-corrected chi connectivity index (χ2v) is 5.88. The van der Waals surface area contributed by atoms with E-state index in [0.29, 0.717) is 44.8 Å². The number of fused-ring (bicyclic) bond motifs is 1. The minimum absolute atomic E-state index is 0.282. The smallest absolute Gasteiger partial charge is 0.248 e. The number of nitrogens with zero attached hydrogens (tertiary/aromatic N) is 1. The molecular formula is C19H17ClN2O4. The average Bonchev–Trinajstić information content (AvgIpc) is 2.98. The molecule has 0 bridgehead atoms. The molecule has 1 heterocycles. The topological polar surface area (TPSA) is 73.6 Å². The van der Waals surface area contributed by atoms with Crippen LogP contribution in [-0.2, 0) is 4.79 Å². The maximum absolute atomic E-state index is 12.2. The van der Waals surface area contributed by atoms with E-state index in [2.05, 4.69) is 10.3 Å². The van der Waals surface area contributed by atoms with Crippen molar-refractivity contribution in [1.29, 1.82) is 0 Å². The molecule has 6 nitrogen and oxygen atoms in total. The molecule has 0 aliphatic rings. The first-order valence-corrected chi connectivity index (χ1v) is 8.15. The largest absolute Gasteiger partial charge is 0.493 e. The predicted octanol–water partition coefficient (Wildman–Crippen LogP) is 4.46. The molecule has 2 aromatic carbocycles. The SMILES string of the molecule is COc1cc(/C=C/C(=O)Nc2ccc3oc(C)nc3c2)cc(Cl)c1OC. The summed E-state index contributed by atoms with van der Waals surface area (Å²) in [5, 5.41) is 3.18. The number of rotatable bonds is 5. The van der Waals surface area contributed by atoms with Crippen molar-refractivity contribution in [3.05, 3.63) is 52.9 Å². The lowest BCUT2D eigenvalue weighted by Gasteiger charge is -2.10. The predicted molar refractivity (Wildman–Crippen MR) is 101 cm³/mol. The van der Waals surface area contributed by atoms with Crippen LogP contribution in [0.3, 0.4) is 0 Å². The van der Waals surface area contributed by atoms with E-state index < -0.39 is 0 Å².